The first-order valence-corrected chi connectivity index (χ1v) is 8.04. The Bertz CT molecular complexity index is 750. The van der Waals surface area contributed by atoms with Gasteiger partial charge in [0.25, 0.3) is 5.91 Å². The molecule has 0 aliphatic carbocycles. The summed E-state index contributed by atoms with van der Waals surface area (Å²) in [7, 11) is 3.91. The first kappa shape index (κ1) is 18.3. The van der Waals surface area contributed by atoms with E-state index in [0.29, 0.717) is 5.56 Å². The van der Waals surface area contributed by atoms with Gasteiger partial charge in [0.2, 0.25) is 0 Å². The van der Waals surface area contributed by atoms with Crippen molar-refractivity contribution in [3.8, 4) is 0 Å². The number of hydrogen-bond donors (Lipinski definition) is 1. The molecule has 0 aliphatic heterocycles. The maximum absolute atomic E-state index is 12.3. The normalized spacial score (nSPS) is 10.9. The smallest absolute Gasteiger partial charge is 0.354 e. The second-order valence-electron chi connectivity index (χ2n) is 5.58. The Morgan fingerprint density at radius 1 is 1.04 bits per heavy atom. The number of nitrogens with one attached hydrogen (secondary N) is 1. The van der Waals surface area contributed by atoms with E-state index in [0.717, 1.165) is 11.3 Å². The minimum Gasteiger partial charge on any atom is -0.461 e. The number of rotatable bonds is 6. The Kier molecular flexibility index (Phi) is 6.34. The van der Waals surface area contributed by atoms with Gasteiger partial charge in [0.05, 0.1) is 6.61 Å². The zero-order valence-electron chi connectivity index (χ0n) is 14.7. The number of carbonyl (C=O) groups is 2. The van der Waals surface area contributed by atoms with E-state index in [4.69, 9.17) is 4.74 Å². The predicted octanol–water partition coefficient (Wildman–Crippen LogP) is 3.09. The molecule has 25 heavy (non-hydrogen) atoms. The van der Waals surface area contributed by atoms with Crippen molar-refractivity contribution in [1.82, 2.24) is 5.32 Å². The van der Waals surface area contributed by atoms with Crippen LogP contribution < -0.4 is 10.2 Å². The van der Waals surface area contributed by atoms with Gasteiger partial charge in [-0.2, -0.15) is 0 Å². The minimum absolute atomic E-state index is 0.105. The van der Waals surface area contributed by atoms with E-state index in [-0.39, 0.29) is 18.2 Å². The van der Waals surface area contributed by atoms with Crippen LogP contribution in [0.4, 0.5) is 5.69 Å². The van der Waals surface area contributed by atoms with Crippen molar-refractivity contribution in [1.29, 1.82) is 0 Å². The summed E-state index contributed by atoms with van der Waals surface area (Å²) in [5.41, 5.74) is 2.42. The molecule has 0 saturated heterocycles. The average molecular weight is 338 g/mol. The van der Waals surface area contributed by atoms with Crippen molar-refractivity contribution in [2.75, 3.05) is 25.6 Å². The van der Waals surface area contributed by atoms with E-state index in [2.05, 4.69) is 5.32 Å². The molecule has 0 atom stereocenters. The molecule has 1 amide bonds. The van der Waals surface area contributed by atoms with Crippen molar-refractivity contribution in [2.24, 2.45) is 0 Å². The summed E-state index contributed by atoms with van der Waals surface area (Å²) in [6, 6.07) is 16.4. The number of hydrogen-bond acceptors (Lipinski definition) is 4. The molecule has 5 nitrogen and oxygen atoms in total. The highest BCUT2D eigenvalue weighted by Gasteiger charge is 2.15. The van der Waals surface area contributed by atoms with Crippen LogP contribution >= 0.6 is 0 Å². The summed E-state index contributed by atoms with van der Waals surface area (Å²) in [5, 5.41) is 2.64. The highest BCUT2D eigenvalue weighted by molar-refractivity contribution is 6.03. The van der Waals surface area contributed by atoms with E-state index in [1.54, 1.807) is 37.3 Å². The van der Waals surface area contributed by atoms with Crippen LogP contribution in [0.25, 0.3) is 6.08 Å². The number of benzene rings is 2. The van der Waals surface area contributed by atoms with Gasteiger partial charge in [0.15, 0.2) is 0 Å². The third kappa shape index (κ3) is 5.21. The minimum atomic E-state index is -0.566. The Morgan fingerprint density at radius 2 is 1.68 bits per heavy atom. The first-order valence-electron chi connectivity index (χ1n) is 8.04. The summed E-state index contributed by atoms with van der Waals surface area (Å²) < 4.78 is 5.04. The fraction of sp³-hybridized carbons (Fsp3) is 0.200. The van der Waals surface area contributed by atoms with E-state index in [1.807, 2.05) is 49.3 Å². The van der Waals surface area contributed by atoms with Gasteiger partial charge in [-0.05, 0) is 42.8 Å². The van der Waals surface area contributed by atoms with Gasteiger partial charge in [-0.25, -0.2) is 4.79 Å². The number of carbonyl (C=O) groups excluding carboxylic acids is 2. The SMILES string of the molecule is CCOC(=O)/C(=C/c1ccc(N(C)C)cc1)NC(=O)c1ccccc1. The summed E-state index contributed by atoms with van der Waals surface area (Å²) in [6.07, 6.45) is 1.61. The molecule has 1 N–H and O–H groups in total. The van der Waals surface area contributed by atoms with Gasteiger partial charge in [0, 0.05) is 25.3 Å². The first-order chi connectivity index (χ1) is 12.0. The van der Waals surface area contributed by atoms with Gasteiger partial charge in [-0.15, -0.1) is 0 Å². The molecule has 0 unspecified atom stereocenters. The third-order valence-corrected chi connectivity index (χ3v) is 3.50. The van der Waals surface area contributed by atoms with Crippen LogP contribution in [0.1, 0.15) is 22.8 Å². The van der Waals surface area contributed by atoms with Gasteiger partial charge >= 0.3 is 5.97 Å². The largest absolute Gasteiger partial charge is 0.461 e. The molecule has 0 aromatic heterocycles. The molecular weight excluding hydrogens is 316 g/mol. The lowest BCUT2D eigenvalue weighted by molar-refractivity contribution is -0.138. The summed E-state index contributed by atoms with van der Waals surface area (Å²) in [6.45, 7) is 1.96. The molecule has 130 valence electrons. The molecule has 0 spiro atoms. The molecule has 0 saturated carbocycles. The molecule has 2 rings (SSSR count). The zero-order valence-corrected chi connectivity index (χ0v) is 14.7. The van der Waals surface area contributed by atoms with Crippen LogP contribution in [0.2, 0.25) is 0 Å². The van der Waals surface area contributed by atoms with Crippen molar-refractivity contribution < 1.29 is 14.3 Å². The van der Waals surface area contributed by atoms with Crippen LogP contribution in [-0.2, 0) is 9.53 Å². The molecule has 0 aliphatic rings. The lowest BCUT2D eigenvalue weighted by atomic mass is 10.1. The summed E-state index contributed by atoms with van der Waals surface area (Å²) >= 11 is 0. The molecule has 0 bridgehead atoms. The summed E-state index contributed by atoms with van der Waals surface area (Å²) in [4.78, 5) is 26.5. The Morgan fingerprint density at radius 3 is 2.24 bits per heavy atom. The Balaban J connectivity index is 2.26. The zero-order chi connectivity index (χ0) is 18.2. The van der Waals surface area contributed by atoms with Crippen LogP contribution in [0, 0.1) is 0 Å². The van der Waals surface area contributed by atoms with E-state index in [9.17, 15) is 9.59 Å². The van der Waals surface area contributed by atoms with Crippen LogP contribution in [-0.4, -0.2) is 32.6 Å². The fourth-order valence-corrected chi connectivity index (χ4v) is 2.17. The maximum Gasteiger partial charge on any atom is 0.354 e. The number of anilines is 1. The number of nitrogens with zero attached hydrogens (tertiary/aromatic N) is 1. The lowest BCUT2D eigenvalue weighted by Crippen LogP contribution is -2.28. The van der Waals surface area contributed by atoms with E-state index in [1.165, 1.54) is 0 Å². The van der Waals surface area contributed by atoms with Crippen molar-refractivity contribution in [2.45, 2.75) is 6.92 Å². The fourth-order valence-electron chi connectivity index (χ4n) is 2.17. The van der Waals surface area contributed by atoms with Crippen LogP contribution in [0.3, 0.4) is 0 Å². The molecule has 2 aromatic rings. The molecule has 0 radical (unpaired) electrons. The number of ether oxygens (including phenoxy) is 1. The second kappa shape index (κ2) is 8.68. The van der Waals surface area contributed by atoms with E-state index >= 15 is 0 Å². The highest BCUT2D eigenvalue weighted by Crippen LogP contribution is 2.15. The standard InChI is InChI=1S/C20H22N2O3/c1-4-25-20(24)18(21-19(23)16-8-6-5-7-9-16)14-15-10-12-17(13-11-15)22(2)3/h5-14H,4H2,1-3H3,(H,21,23)/b18-14-. The molecule has 0 fully saturated rings. The van der Waals surface area contributed by atoms with Crippen LogP contribution in [0.15, 0.2) is 60.3 Å². The summed E-state index contributed by atoms with van der Waals surface area (Å²) in [5.74, 6) is -0.923. The predicted molar refractivity (Wildman–Crippen MR) is 99.3 cm³/mol. The van der Waals surface area contributed by atoms with Gasteiger partial charge < -0.3 is 15.0 Å². The molecular formula is C20H22N2O3. The Hall–Kier alpha value is -3.08. The topological polar surface area (TPSA) is 58.6 Å². The highest BCUT2D eigenvalue weighted by atomic mass is 16.5. The van der Waals surface area contributed by atoms with Crippen LogP contribution in [0.5, 0.6) is 0 Å². The number of amides is 1. The molecule has 5 heteroatoms. The van der Waals surface area contributed by atoms with Gasteiger partial charge in [0.1, 0.15) is 5.70 Å². The average Bonchev–Trinajstić information content (AvgIpc) is 2.62. The Labute approximate surface area is 147 Å². The monoisotopic (exact) mass is 338 g/mol. The quantitative estimate of drug-likeness (QED) is 0.649. The second-order valence-corrected chi connectivity index (χ2v) is 5.58. The molecule has 2 aromatic carbocycles. The van der Waals surface area contributed by atoms with Crippen molar-refractivity contribution in [3.05, 3.63) is 71.4 Å². The number of esters is 1. The van der Waals surface area contributed by atoms with E-state index < -0.39 is 5.97 Å². The lowest BCUT2D eigenvalue weighted by Gasteiger charge is -2.12. The third-order valence-electron chi connectivity index (χ3n) is 3.50. The van der Waals surface area contributed by atoms with Gasteiger partial charge in [-0.3, -0.25) is 4.79 Å². The molecule has 0 heterocycles. The maximum atomic E-state index is 12.3. The van der Waals surface area contributed by atoms with Gasteiger partial charge in [-0.1, -0.05) is 30.3 Å². The van der Waals surface area contributed by atoms with Crippen molar-refractivity contribution in [3.63, 3.8) is 0 Å². The van der Waals surface area contributed by atoms with Crippen molar-refractivity contribution >= 4 is 23.6 Å².